The minimum atomic E-state index is -0.635. The Morgan fingerprint density at radius 1 is 1.11 bits per heavy atom. The van der Waals surface area contributed by atoms with Crippen molar-refractivity contribution in [1.82, 2.24) is 20.2 Å². The predicted octanol–water partition coefficient (Wildman–Crippen LogP) is 2.08. The van der Waals surface area contributed by atoms with Crippen molar-refractivity contribution in [3.63, 3.8) is 0 Å². The maximum absolute atomic E-state index is 12.0. The van der Waals surface area contributed by atoms with Gasteiger partial charge in [0.15, 0.2) is 0 Å². The van der Waals surface area contributed by atoms with Gasteiger partial charge < -0.3 is 10.5 Å². The van der Waals surface area contributed by atoms with Crippen molar-refractivity contribution >= 4 is 23.6 Å². The zero-order chi connectivity index (χ0) is 19.4. The van der Waals surface area contributed by atoms with Crippen LogP contribution in [0.3, 0.4) is 0 Å². The summed E-state index contributed by atoms with van der Waals surface area (Å²) in [5.41, 5.74) is 8.51. The van der Waals surface area contributed by atoms with Crippen LogP contribution in [0.1, 0.15) is 26.7 Å². The number of hydrogen-bond acceptors (Lipinski definition) is 7. The van der Waals surface area contributed by atoms with E-state index in [9.17, 15) is 9.59 Å². The summed E-state index contributed by atoms with van der Waals surface area (Å²) in [6.45, 7) is 1.97. The van der Waals surface area contributed by atoms with Crippen molar-refractivity contribution in [3.05, 3.63) is 65.2 Å². The van der Waals surface area contributed by atoms with Gasteiger partial charge >= 0.3 is 5.97 Å². The van der Waals surface area contributed by atoms with E-state index in [1.807, 2.05) is 31.2 Å². The Hall–Kier alpha value is -3.20. The summed E-state index contributed by atoms with van der Waals surface area (Å²) in [6.07, 6.45) is 0. The first-order chi connectivity index (χ1) is 13.0. The fourth-order valence-electron chi connectivity index (χ4n) is 2.41. The Balaban J connectivity index is 1.88. The molecule has 0 spiro atoms. The van der Waals surface area contributed by atoms with Crippen LogP contribution in [-0.4, -0.2) is 39.2 Å². The number of methoxy groups -OCH3 is 1. The Morgan fingerprint density at radius 2 is 1.78 bits per heavy atom. The summed E-state index contributed by atoms with van der Waals surface area (Å²) in [5.74, 6) is -0.916. The van der Waals surface area contributed by atoms with Gasteiger partial charge in [0, 0.05) is 0 Å². The van der Waals surface area contributed by atoms with E-state index in [2.05, 4.69) is 20.3 Å². The molecule has 2 N–H and O–H groups in total. The number of nitrogens with two attached hydrogens (primary N) is 1. The molecule has 0 bridgehead atoms. The summed E-state index contributed by atoms with van der Waals surface area (Å²) in [7, 11) is 1.32. The lowest BCUT2D eigenvalue weighted by atomic mass is 10.1. The molecule has 0 aliphatic carbocycles. The van der Waals surface area contributed by atoms with Crippen LogP contribution in [-0.2, 0) is 9.53 Å². The number of amides is 1. The minimum absolute atomic E-state index is 0.408. The number of esters is 1. The molecule has 1 atom stereocenters. The number of thioether (sulfide) groups is 1. The number of tetrazole rings is 1. The second kappa shape index (κ2) is 8.00. The zero-order valence-corrected chi connectivity index (χ0v) is 15.5. The quantitative estimate of drug-likeness (QED) is 0.512. The van der Waals surface area contributed by atoms with Crippen molar-refractivity contribution in [2.24, 2.45) is 5.73 Å². The number of benzene rings is 2. The average Bonchev–Trinajstić information content (AvgIpc) is 3.14. The van der Waals surface area contributed by atoms with E-state index >= 15 is 0 Å². The van der Waals surface area contributed by atoms with Crippen LogP contribution < -0.4 is 5.73 Å². The van der Waals surface area contributed by atoms with Crippen molar-refractivity contribution < 1.29 is 14.3 Å². The topological polar surface area (TPSA) is 113 Å². The highest BCUT2D eigenvalue weighted by Crippen LogP contribution is 2.34. The molecule has 0 saturated carbocycles. The number of rotatable bonds is 6. The average molecular weight is 383 g/mol. The van der Waals surface area contributed by atoms with Gasteiger partial charge in [-0.3, -0.25) is 4.79 Å². The molecule has 8 nitrogen and oxygen atoms in total. The molecule has 9 heteroatoms. The van der Waals surface area contributed by atoms with Gasteiger partial charge in [-0.05, 0) is 47.2 Å². The van der Waals surface area contributed by atoms with Gasteiger partial charge in [-0.1, -0.05) is 41.6 Å². The first kappa shape index (κ1) is 18.6. The van der Waals surface area contributed by atoms with Crippen molar-refractivity contribution in [1.29, 1.82) is 0 Å². The number of nitrogens with zero attached hydrogens (tertiary/aromatic N) is 4. The highest BCUT2D eigenvalue weighted by Gasteiger charge is 2.23. The highest BCUT2D eigenvalue weighted by atomic mass is 32.2. The number of carbonyl (C=O) groups excluding carboxylic acids is 2. The first-order valence-corrected chi connectivity index (χ1v) is 8.87. The third kappa shape index (κ3) is 4.14. The molecule has 1 unspecified atom stereocenters. The molecule has 3 rings (SSSR count). The van der Waals surface area contributed by atoms with E-state index < -0.39 is 17.1 Å². The number of carbonyl (C=O) groups is 2. The molecule has 0 aliphatic heterocycles. The van der Waals surface area contributed by atoms with E-state index in [1.54, 1.807) is 24.3 Å². The van der Waals surface area contributed by atoms with Crippen LogP contribution in [0.4, 0.5) is 0 Å². The summed E-state index contributed by atoms with van der Waals surface area (Å²) in [4.78, 5) is 23.5. The lowest BCUT2D eigenvalue weighted by Gasteiger charge is -2.13. The number of hydrogen-bond donors (Lipinski definition) is 1. The van der Waals surface area contributed by atoms with E-state index in [4.69, 9.17) is 5.73 Å². The lowest BCUT2D eigenvalue weighted by Crippen LogP contribution is -2.19. The van der Waals surface area contributed by atoms with Gasteiger partial charge in [0.2, 0.25) is 11.1 Å². The van der Waals surface area contributed by atoms with Gasteiger partial charge in [-0.15, -0.1) is 5.10 Å². The number of ether oxygens (including phenoxy) is 1. The van der Waals surface area contributed by atoms with Crippen LogP contribution in [0, 0.1) is 6.92 Å². The lowest BCUT2D eigenvalue weighted by molar-refractivity contribution is -0.117. The Labute approximate surface area is 159 Å². The molecule has 0 saturated heterocycles. The van der Waals surface area contributed by atoms with Crippen molar-refractivity contribution in [2.75, 3.05) is 7.11 Å². The molecule has 138 valence electrons. The van der Waals surface area contributed by atoms with Gasteiger partial charge in [0.05, 0.1) is 18.4 Å². The SMILES string of the molecule is COC(=O)c1ccc(-n2nnnc2SC(C(N)=O)c2ccc(C)cc2)cc1. The normalized spacial score (nSPS) is 11.8. The summed E-state index contributed by atoms with van der Waals surface area (Å²) < 4.78 is 6.17. The standard InChI is InChI=1S/C18H17N5O3S/c1-11-3-5-12(6-4-11)15(16(19)24)27-18-20-21-22-23(18)14-9-7-13(8-10-14)17(25)26-2/h3-10,15H,1-2H3,(H2,19,24). The maximum Gasteiger partial charge on any atom is 0.337 e. The molecular formula is C18H17N5O3S. The molecular weight excluding hydrogens is 366 g/mol. The Morgan fingerprint density at radius 3 is 2.37 bits per heavy atom. The zero-order valence-electron chi connectivity index (χ0n) is 14.7. The molecule has 0 fully saturated rings. The molecule has 0 aliphatic rings. The fourth-order valence-corrected chi connectivity index (χ4v) is 3.35. The Kier molecular flexibility index (Phi) is 5.51. The predicted molar refractivity (Wildman–Crippen MR) is 99.5 cm³/mol. The minimum Gasteiger partial charge on any atom is -0.465 e. The van der Waals surface area contributed by atoms with E-state index in [1.165, 1.54) is 11.8 Å². The second-order valence-corrected chi connectivity index (χ2v) is 6.79. The number of aryl methyl sites for hydroxylation is 1. The van der Waals surface area contributed by atoms with Crippen LogP contribution in [0.25, 0.3) is 5.69 Å². The van der Waals surface area contributed by atoms with E-state index in [0.29, 0.717) is 16.4 Å². The third-order valence-corrected chi connectivity index (χ3v) is 5.04. The second-order valence-electron chi connectivity index (χ2n) is 5.72. The van der Waals surface area contributed by atoms with Gasteiger partial charge in [-0.25, -0.2) is 4.79 Å². The summed E-state index contributed by atoms with van der Waals surface area (Å²) >= 11 is 1.16. The number of aromatic nitrogens is 4. The molecule has 27 heavy (non-hydrogen) atoms. The molecule has 1 heterocycles. The fraction of sp³-hybridized carbons (Fsp3) is 0.167. The number of primary amides is 1. The van der Waals surface area contributed by atoms with Crippen molar-refractivity contribution in [2.45, 2.75) is 17.3 Å². The monoisotopic (exact) mass is 383 g/mol. The molecule has 1 aromatic heterocycles. The van der Waals surface area contributed by atoms with Crippen LogP contribution in [0.5, 0.6) is 0 Å². The third-order valence-electron chi connectivity index (χ3n) is 3.84. The largest absolute Gasteiger partial charge is 0.465 e. The maximum atomic E-state index is 12.0. The van der Waals surface area contributed by atoms with Crippen LogP contribution in [0.15, 0.2) is 53.7 Å². The van der Waals surface area contributed by atoms with Gasteiger partial charge in [0.25, 0.3) is 0 Å². The van der Waals surface area contributed by atoms with Gasteiger partial charge in [0.1, 0.15) is 5.25 Å². The smallest absolute Gasteiger partial charge is 0.337 e. The highest BCUT2D eigenvalue weighted by molar-refractivity contribution is 8.00. The van der Waals surface area contributed by atoms with E-state index in [-0.39, 0.29) is 0 Å². The Bertz CT molecular complexity index is 954. The first-order valence-electron chi connectivity index (χ1n) is 7.99. The van der Waals surface area contributed by atoms with Crippen molar-refractivity contribution in [3.8, 4) is 5.69 Å². The molecule has 1 amide bonds. The molecule has 2 aromatic carbocycles. The van der Waals surface area contributed by atoms with E-state index in [0.717, 1.165) is 22.9 Å². The summed E-state index contributed by atoms with van der Waals surface area (Å²) in [5, 5.41) is 11.4. The molecule has 0 radical (unpaired) electrons. The van der Waals surface area contributed by atoms with Crippen LogP contribution in [0.2, 0.25) is 0 Å². The summed E-state index contributed by atoms with van der Waals surface area (Å²) in [6, 6.07) is 14.2. The van der Waals surface area contributed by atoms with Crippen LogP contribution >= 0.6 is 11.8 Å². The van der Waals surface area contributed by atoms with Gasteiger partial charge in [-0.2, -0.15) is 4.68 Å². The molecule has 3 aromatic rings.